The van der Waals surface area contributed by atoms with E-state index in [4.69, 9.17) is 23.2 Å². The Kier molecular flexibility index (Phi) is 7.43. The van der Waals surface area contributed by atoms with Gasteiger partial charge in [-0.3, -0.25) is 9.29 Å². The summed E-state index contributed by atoms with van der Waals surface area (Å²) in [5.41, 5.74) is 10.1. The van der Waals surface area contributed by atoms with Crippen LogP contribution in [0.25, 0.3) is 17.2 Å². The Morgan fingerprint density at radius 3 is 2.49 bits per heavy atom. The summed E-state index contributed by atoms with van der Waals surface area (Å²) in [7, 11) is 0. The lowest BCUT2D eigenvalue weighted by molar-refractivity contribution is 0.239. The zero-order valence-corrected chi connectivity index (χ0v) is 21.5. The summed E-state index contributed by atoms with van der Waals surface area (Å²) >= 11 is 13.0. The predicted octanol–water partition coefficient (Wildman–Crippen LogP) is 8.59. The lowest BCUT2D eigenvalue weighted by Gasteiger charge is -2.33. The minimum absolute atomic E-state index is 0.238. The predicted molar refractivity (Wildman–Crippen MR) is 148 cm³/mol. The molecule has 1 aliphatic carbocycles. The molecule has 1 nitrogen and oxygen atoms in total. The van der Waals surface area contributed by atoms with Crippen molar-refractivity contribution in [3.05, 3.63) is 110 Å². The first-order valence-electron chi connectivity index (χ1n) is 12.4. The fraction of sp³-hybridized carbons (Fsp3) is 0.290. The first-order valence-corrected chi connectivity index (χ1v) is 13.1. The van der Waals surface area contributed by atoms with Crippen LogP contribution < -0.4 is 0 Å². The number of aryl methyl sites for hydroxylation is 1. The van der Waals surface area contributed by atoms with E-state index in [2.05, 4.69) is 72.5 Å². The van der Waals surface area contributed by atoms with E-state index in [1.165, 1.54) is 39.0 Å². The molecular formula is C31H30Cl2FN. The van der Waals surface area contributed by atoms with Crippen molar-refractivity contribution < 1.29 is 4.39 Å². The Balaban J connectivity index is 1.55. The summed E-state index contributed by atoms with van der Waals surface area (Å²) in [6.07, 6.45) is 5.00. The van der Waals surface area contributed by atoms with Crippen LogP contribution in [0.15, 0.2) is 72.3 Å². The van der Waals surface area contributed by atoms with E-state index < -0.39 is 0 Å². The number of alkyl halides is 1. The first-order chi connectivity index (χ1) is 17.0. The van der Waals surface area contributed by atoms with Gasteiger partial charge in [-0.25, -0.2) is 0 Å². The van der Waals surface area contributed by atoms with Gasteiger partial charge >= 0.3 is 0 Å². The monoisotopic (exact) mass is 505 g/mol. The van der Waals surface area contributed by atoms with Crippen molar-refractivity contribution in [1.82, 2.24) is 4.90 Å². The summed E-state index contributed by atoms with van der Waals surface area (Å²) < 4.78 is 12.4. The van der Waals surface area contributed by atoms with Crippen LogP contribution in [-0.2, 0) is 6.42 Å². The molecule has 1 atom stereocenters. The molecule has 5 rings (SSSR count). The Labute approximate surface area is 217 Å². The Morgan fingerprint density at radius 1 is 0.971 bits per heavy atom. The third-order valence-electron chi connectivity index (χ3n) is 7.15. The maximum atomic E-state index is 12.4. The normalized spacial score (nSPS) is 18.2. The molecule has 1 saturated heterocycles. The summed E-state index contributed by atoms with van der Waals surface area (Å²) in [6, 6.07) is 23.5. The summed E-state index contributed by atoms with van der Waals surface area (Å²) in [6.45, 7) is 4.79. The maximum absolute atomic E-state index is 12.4. The molecule has 2 aliphatic rings. The van der Waals surface area contributed by atoms with Crippen molar-refractivity contribution in [1.29, 1.82) is 0 Å². The fourth-order valence-corrected chi connectivity index (χ4v) is 5.86. The standard InChI is InChI=1S/C31H30Cl2FN/c1-21-7-10-24-5-2-3-6-27(24)31(30(21)28-14-13-26(32)18-29(28)33)25-11-8-22(9-12-25)17-23-19-35(20-23)16-4-15-34/h2-3,5-6,8-9,11-14,17-18,21H,4,7,10,15-16,19-20H2,1H3. The number of fused-ring (bicyclic) bond motifs is 1. The highest BCUT2D eigenvalue weighted by Gasteiger charge is 2.26. The summed E-state index contributed by atoms with van der Waals surface area (Å²) in [5, 5.41) is 1.35. The lowest BCUT2D eigenvalue weighted by Crippen LogP contribution is -2.40. The van der Waals surface area contributed by atoms with Gasteiger partial charge in [0.15, 0.2) is 0 Å². The number of halogens is 3. The highest BCUT2D eigenvalue weighted by molar-refractivity contribution is 6.36. The van der Waals surface area contributed by atoms with Gasteiger partial charge in [-0.05, 0) is 81.8 Å². The summed E-state index contributed by atoms with van der Waals surface area (Å²) in [5.74, 6) is 0.350. The largest absolute Gasteiger partial charge is 0.295 e. The van der Waals surface area contributed by atoms with E-state index in [0.29, 0.717) is 22.4 Å². The molecule has 4 heteroatoms. The molecule has 0 radical (unpaired) electrons. The minimum atomic E-state index is -0.238. The number of hydrogen-bond donors (Lipinski definition) is 0. The van der Waals surface area contributed by atoms with Crippen LogP contribution in [0.2, 0.25) is 10.0 Å². The zero-order chi connectivity index (χ0) is 24.4. The molecule has 1 unspecified atom stereocenters. The SMILES string of the molecule is CC1CCc2ccccc2C(c2ccc(C=C3CN(CCCF)C3)cc2)=C1c1ccc(Cl)cc1Cl. The molecule has 3 aromatic carbocycles. The van der Waals surface area contributed by atoms with Gasteiger partial charge in [-0.2, -0.15) is 0 Å². The van der Waals surface area contributed by atoms with Crippen molar-refractivity contribution in [2.24, 2.45) is 5.92 Å². The van der Waals surface area contributed by atoms with Crippen molar-refractivity contribution in [2.45, 2.75) is 26.2 Å². The molecule has 1 aliphatic heterocycles. The number of benzene rings is 3. The molecule has 0 saturated carbocycles. The third-order valence-corrected chi connectivity index (χ3v) is 7.70. The zero-order valence-electron chi connectivity index (χ0n) is 20.0. The van der Waals surface area contributed by atoms with Gasteiger partial charge in [0.2, 0.25) is 0 Å². The molecule has 0 aromatic heterocycles. The fourth-order valence-electron chi connectivity index (χ4n) is 5.35. The second kappa shape index (κ2) is 10.7. The molecule has 3 aromatic rings. The van der Waals surface area contributed by atoms with Gasteiger partial charge in [-0.15, -0.1) is 0 Å². The number of allylic oxidation sites excluding steroid dienone is 1. The average molecular weight is 506 g/mol. The van der Waals surface area contributed by atoms with E-state index in [9.17, 15) is 4.39 Å². The highest BCUT2D eigenvalue weighted by atomic mass is 35.5. The van der Waals surface area contributed by atoms with Gasteiger partial charge in [0.05, 0.1) is 6.67 Å². The lowest BCUT2D eigenvalue weighted by atomic mass is 9.83. The van der Waals surface area contributed by atoms with Crippen molar-refractivity contribution in [3.63, 3.8) is 0 Å². The van der Waals surface area contributed by atoms with E-state index in [0.717, 1.165) is 38.0 Å². The Morgan fingerprint density at radius 2 is 1.74 bits per heavy atom. The molecular weight excluding hydrogens is 476 g/mol. The second-order valence-corrected chi connectivity index (χ2v) is 10.5. The van der Waals surface area contributed by atoms with Gasteiger partial charge in [0, 0.05) is 29.7 Å². The smallest absolute Gasteiger partial charge is 0.0906 e. The van der Waals surface area contributed by atoms with Crippen LogP contribution in [-0.4, -0.2) is 31.2 Å². The van der Waals surface area contributed by atoms with Gasteiger partial charge in [-0.1, -0.05) is 90.8 Å². The molecule has 1 heterocycles. The minimum Gasteiger partial charge on any atom is -0.295 e. The maximum Gasteiger partial charge on any atom is 0.0906 e. The van der Waals surface area contributed by atoms with E-state index in [1.54, 1.807) is 0 Å². The summed E-state index contributed by atoms with van der Waals surface area (Å²) in [4.78, 5) is 2.29. The van der Waals surface area contributed by atoms with E-state index in [1.807, 2.05) is 12.1 Å². The molecule has 0 amide bonds. The first kappa shape index (κ1) is 24.3. The van der Waals surface area contributed by atoms with Crippen LogP contribution in [0.1, 0.15) is 47.6 Å². The van der Waals surface area contributed by atoms with Crippen molar-refractivity contribution in [3.8, 4) is 0 Å². The van der Waals surface area contributed by atoms with Crippen LogP contribution in [0.4, 0.5) is 4.39 Å². The second-order valence-electron chi connectivity index (χ2n) is 9.69. The highest BCUT2D eigenvalue weighted by Crippen LogP contribution is 2.44. The third kappa shape index (κ3) is 5.26. The van der Waals surface area contributed by atoms with Gasteiger partial charge in [0.1, 0.15) is 0 Å². The molecule has 0 spiro atoms. The number of rotatable bonds is 6. The molecule has 180 valence electrons. The van der Waals surface area contributed by atoms with Crippen LogP contribution in [0.5, 0.6) is 0 Å². The van der Waals surface area contributed by atoms with Crippen LogP contribution >= 0.6 is 23.2 Å². The topological polar surface area (TPSA) is 3.24 Å². The quantitative estimate of drug-likeness (QED) is 0.324. The van der Waals surface area contributed by atoms with Crippen molar-refractivity contribution in [2.75, 3.05) is 26.3 Å². The Bertz CT molecular complexity index is 1270. The van der Waals surface area contributed by atoms with Gasteiger partial charge in [0.25, 0.3) is 0 Å². The van der Waals surface area contributed by atoms with Gasteiger partial charge < -0.3 is 0 Å². The molecule has 35 heavy (non-hydrogen) atoms. The van der Waals surface area contributed by atoms with Crippen LogP contribution in [0.3, 0.4) is 0 Å². The van der Waals surface area contributed by atoms with Crippen LogP contribution in [0, 0.1) is 5.92 Å². The van der Waals surface area contributed by atoms with Crippen molar-refractivity contribution >= 4 is 40.4 Å². The number of likely N-dealkylation sites (tertiary alicyclic amines) is 1. The Hall–Kier alpha value is -2.39. The number of nitrogens with zero attached hydrogens (tertiary/aromatic N) is 1. The molecule has 0 N–H and O–H groups in total. The van der Waals surface area contributed by atoms with E-state index in [-0.39, 0.29) is 6.67 Å². The average Bonchev–Trinajstić information content (AvgIpc) is 2.98. The molecule has 1 fully saturated rings. The number of hydrogen-bond acceptors (Lipinski definition) is 1. The molecule has 0 bridgehead atoms. The van der Waals surface area contributed by atoms with E-state index >= 15 is 0 Å².